The summed E-state index contributed by atoms with van der Waals surface area (Å²) in [6.07, 6.45) is 2.15. The molecule has 0 bridgehead atoms. The molecule has 1 spiro atoms. The van der Waals surface area contributed by atoms with Gasteiger partial charge in [-0.3, -0.25) is 9.59 Å². The summed E-state index contributed by atoms with van der Waals surface area (Å²) >= 11 is 0. The Hall–Kier alpha value is -4.47. The van der Waals surface area contributed by atoms with Crippen LogP contribution in [0.3, 0.4) is 0 Å². The number of ketones is 1. The van der Waals surface area contributed by atoms with Gasteiger partial charge in [-0.2, -0.15) is 0 Å². The van der Waals surface area contributed by atoms with Gasteiger partial charge in [0.25, 0.3) is 11.4 Å². The molecule has 228 valence electrons. The molecule has 9 nitrogen and oxygen atoms in total. The molecule has 1 amide bonds. The molecule has 1 N–H and O–H groups in total. The highest BCUT2D eigenvalue weighted by molar-refractivity contribution is 6.21. The van der Waals surface area contributed by atoms with Gasteiger partial charge in [0.05, 0.1) is 6.61 Å². The fourth-order valence-electron chi connectivity index (χ4n) is 7.09. The molecule has 6 rings (SSSR count). The number of aromatic nitrogens is 2. The lowest BCUT2D eigenvalue weighted by molar-refractivity contribution is -1.07. The molecule has 2 aromatic carbocycles. The summed E-state index contributed by atoms with van der Waals surface area (Å²) in [5.74, 6) is -0.0861. The van der Waals surface area contributed by atoms with Crippen LogP contribution in [0.2, 0.25) is 0 Å². The molecule has 4 atom stereocenters. The van der Waals surface area contributed by atoms with E-state index in [0.717, 1.165) is 41.0 Å². The van der Waals surface area contributed by atoms with Crippen molar-refractivity contribution in [2.75, 3.05) is 19.0 Å². The third kappa shape index (κ3) is 5.06. The van der Waals surface area contributed by atoms with Crippen molar-refractivity contribution in [3.05, 3.63) is 76.5 Å². The van der Waals surface area contributed by atoms with Gasteiger partial charge in [0, 0.05) is 65.1 Å². The number of hydrogen-bond acceptors (Lipinski definition) is 6. The molecule has 4 unspecified atom stereocenters. The zero-order valence-electron chi connectivity index (χ0n) is 25.8. The smallest absolute Gasteiger partial charge is 0.263 e. The van der Waals surface area contributed by atoms with Gasteiger partial charge in [-0.25, -0.2) is 9.02 Å². The van der Waals surface area contributed by atoms with Gasteiger partial charge in [-0.15, -0.1) is 0 Å². The van der Waals surface area contributed by atoms with Crippen molar-refractivity contribution in [1.29, 1.82) is 0 Å². The van der Waals surface area contributed by atoms with E-state index < -0.39 is 0 Å². The third-order valence-electron chi connectivity index (χ3n) is 9.83. The second kappa shape index (κ2) is 11.2. The first-order chi connectivity index (χ1) is 21.0. The summed E-state index contributed by atoms with van der Waals surface area (Å²) in [5, 5.41) is 11.0. The van der Waals surface area contributed by atoms with Crippen LogP contribution in [0.15, 0.2) is 52.8 Å². The highest BCUT2D eigenvalue weighted by atomic mass is 19.1. The van der Waals surface area contributed by atoms with Crippen molar-refractivity contribution in [2.45, 2.75) is 65.2 Å². The lowest BCUT2D eigenvalue weighted by Crippen LogP contribution is -2.32. The number of anilines is 1. The Labute approximate surface area is 256 Å². The number of hydrogen-bond donors (Lipinski definition) is 1. The number of ether oxygens (including phenoxy) is 1. The molecule has 1 aliphatic carbocycles. The summed E-state index contributed by atoms with van der Waals surface area (Å²) in [7, 11) is 1.98. The van der Waals surface area contributed by atoms with E-state index in [1.54, 1.807) is 13.0 Å². The maximum absolute atomic E-state index is 14.1. The summed E-state index contributed by atoms with van der Waals surface area (Å²) in [6.45, 7) is 12.4. The maximum atomic E-state index is 14.1. The van der Waals surface area contributed by atoms with E-state index in [-0.39, 0.29) is 47.1 Å². The summed E-state index contributed by atoms with van der Waals surface area (Å²) in [4.78, 5) is 25.9. The van der Waals surface area contributed by atoms with Gasteiger partial charge in [-0.05, 0) is 53.2 Å². The molecule has 3 aliphatic rings. The Balaban J connectivity index is 1.20. The van der Waals surface area contributed by atoms with Crippen LogP contribution in [0.1, 0.15) is 92.5 Å². The van der Waals surface area contributed by atoms with Gasteiger partial charge < -0.3 is 10.1 Å². The quantitative estimate of drug-likeness (QED) is 0.240. The first-order valence-corrected chi connectivity index (χ1v) is 15.1. The van der Waals surface area contributed by atoms with Crippen molar-refractivity contribution in [2.24, 2.45) is 11.3 Å². The topological polar surface area (TPSA) is 100 Å². The Morgan fingerprint density at radius 2 is 1.93 bits per heavy atom. The lowest BCUT2D eigenvalue weighted by Gasteiger charge is -2.35. The summed E-state index contributed by atoms with van der Waals surface area (Å²) in [5.41, 5.74) is 6.48. The monoisotopic (exact) mass is 599 g/mol. The van der Waals surface area contributed by atoms with Crippen molar-refractivity contribution >= 4 is 35.4 Å². The first kappa shape index (κ1) is 29.6. The number of halogens is 1. The van der Waals surface area contributed by atoms with E-state index in [1.807, 2.05) is 54.5 Å². The number of carbonyl (C=O) groups excluding carboxylic acids is 2. The molecule has 1 fully saturated rings. The lowest BCUT2D eigenvalue weighted by atomic mass is 9.76. The Bertz CT molecular complexity index is 1740. The number of nitrogens with one attached hydrogen (secondary N) is 1. The van der Waals surface area contributed by atoms with Gasteiger partial charge in [0.1, 0.15) is 22.8 Å². The van der Waals surface area contributed by atoms with E-state index in [9.17, 15) is 14.0 Å². The van der Waals surface area contributed by atoms with Gasteiger partial charge in [0.2, 0.25) is 19.7 Å². The van der Waals surface area contributed by atoms with Crippen LogP contribution in [-0.4, -0.2) is 57.5 Å². The van der Waals surface area contributed by atoms with E-state index in [4.69, 9.17) is 9.37 Å². The zero-order valence-corrected chi connectivity index (χ0v) is 25.8. The molecule has 1 aromatic heterocycles. The fourth-order valence-corrected chi connectivity index (χ4v) is 7.09. The number of hydrazone groups is 2. The van der Waals surface area contributed by atoms with Crippen molar-refractivity contribution < 1.29 is 32.7 Å². The molecule has 1 saturated carbocycles. The average Bonchev–Trinajstić information content (AvgIpc) is 3.36. The molecule has 10 heteroatoms. The second-order valence-corrected chi connectivity index (χ2v) is 12.4. The number of allylic oxidation sites excluding steroid dienone is 2. The fraction of sp³-hybridized carbons (Fsp3) is 0.412. The third-order valence-corrected chi connectivity index (χ3v) is 9.83. The van der Waals surface area contributed by atoms with Gasteiger partial charge in [0.15, 0.2) is 11.5 Å². The Morgan fingerprint density at radius 1 is 1.18 bits per heavy atom. The normalized spacial score (nSPS) is 23.1. The SMILES string of the molecule is C=[N+]1C(C)=C(c2ccc(NC(=O)CC3c4ccc(F)cc4OCC34CC4CC(C)c3nonc3C(=O)CC)cc2)C(C)=[N+]1C. The predicted molar refractivity (Wildman–Crippen MR) is 164 cm³/mol. The van der Waals surface area contributed by atoms with Crippen LogP contribution < -0.4 is 10.1 Å². The van der Waals surface area contributed by atoms with Crippen LogP contribution in [0, 0.1) is 17.2 Å². The second-order valence-electron chi connectivity index (χ2n) is 12.4. The van der Waals surface area contributed by atoms with E-state index in [0.29, 0.717) is 35.9 Å². The highest BCUT2D eigenvalue weighted by Gasteiger charge is 2.62. The number of Topliss-reactive ketones (excluding diaryl/α,β-unsaturated/α-hetero) is 1. The Morgan fingerprint density at radius 3 is 2.61 bits per heavy atom. The van der Waals surface area contributed by atoms with Crippen LogP contribution in [0.25, 0.3) is 5.57 Å². The molecular formula is C34H38FN5O4+2. The molecule has 2 aliphatic heterocycles. The first-order valence-electron chi connectivity index (χ1n) is 15.1. The molecular weight excluding hydrogens is 561 g/mol. The summed E-state index contributed by atoms with van der Waals surface area (Å²) in [6, 6.07) is 12.4. The van der Waals surface area contributed by atoms with Crippen LogP contribution in [-0.2, 0) is 4.79 Å². The van der Waals surface area contributed by atoms with E-state index in [2.05, 4.69) is 29.3 Å². The maximum Gasteiger partial charge on any atom is 0.263 e. The van der Waals surface area contributed by atoms with Crippen LogP contribution >= 0.6 is 0 Å². The molecule has 0 radical (unpaired) electrons. The number of hydrazine groups is 1. The van der Waals surface area contributed by atoms with Crippen LogP contribution in [0.5, 0.6) is 5.75 Å². The van der Waals surface area contributed by atoms with Gasteiger partial charge >= 0.3 is 0 Å². The minimum Gasteiger partial charge on any atom is -0.493 e. The average molecular weight is 600 g/mol. The number of amides is 1. The molecule has 0 saturated heterocycles. The number of carbonyl (C=O) groups is 2. The number of fused-ring (bicyclic) bond motifs is 1. The highest BCUT2D eigenvalue weighted by Crippen LogP contribution is 2.67. The molecule has 3 aromatic rings. The zero-order chi connectivity index (χ0) is 31.3. The van der Waals surface area contributed by atoms with Crippen molar-refractivity contribution in [1.82, 2.24) is 10.3 Å². The van der Waals surface area contributed by atoms with Crippen molar-refractivity contribution in [3.63, 3.8) is 0 Å². The van der Waals surface area contributed by atoms with Crippen molar-refractivity contribution in [3.8, 4) is 5.75 Å². The largest absolute Gasteiger partial charge is 0.493 e. The minimum atomic E-state index is -0.371. The number of benzene rings is 2. The minimum absolute atomic E-state index is 0.0615. The Kier molecular flexibility index (Phi) is 7.55. The number of nitrogens with zero attached hydrogens (tertiary/aromatic N) is 4. The van der Waals surface area contributed by atoms with Gasteiger partial charge in [-0.1, -0.05) is 37.2 Å². The predicted octanol–water partition coefficient (Wildman–Crippen LogP) is 5.98. The van der Waals surface area contributed by atoms with E-state index in [1.165, 1.54) is 12.1 Å². The molecule has 44 heavy (non-hydrogen) atoms. The summed E-state index contributed by atoms with van der Waals surface area (Å²) < 4.78 is 29.0. The van der Waals surface area contributed by atoms with E-state index >= 15 is 0 Å². The standard InChI is InChI=1S/C34H37FN5O4/c1-7-28(41)33-32(37-44-38-33)19(2)14-23-17-34(23)18-43-29-15-24(35)10-13-26(29)27(34)16-30(42)36-25-11-8-22(9-12-25)31-20(3)39(5)40(6)21(31)4/h8-13,15,19,23,27H,5,7,14,16-18H2,1-4,6H3/q+1/p+1. The molecule has 3 heterocycles. The van der Waals surface area contributed by atoms with Crippen LogP contribution in [0.4, 0.5) is 10.1 Å². The number of rotatable bonds is 9.